The number of carbonyl (C=O) groups is 1. The molecule has 0 radical (unpaired) electrons. The van der Waals surface area contributed by atoms with Gasteiger partial charge in [0.2, 0.25) is 0 Å². The Morgan fingerprint density at radius 3 is 2.42 bits per heavy atom. The van der Waals surface area contributed by atoms with Crippen molar-refractivity contribution >= 4 is 45.7 Å². The number of nitrogens with one attached hydrogen (secondary N) is 1. The molecule has 5 nitrogen and oxygen atoms in total. The number of fused-ring (bicyclic) bond motifs is 1. The first kappa shape index (κ1) is 25.1. The quantitative estimate of drug-likeness (QED) is 0.159. The summed E-state index contributed by atoms with van der Waals surface area (Å²) in [5, 5.41) is 17.8. The van der Waals surface area contributed by atoms with Crippen LogP contribution in [0.25, 0.3) is 28.1 Å². The topological polar surface area (TPSA) is 75.2 Å². The Morgan fingerprint density at radius 2 is 1.71 bits per heavy atom. The molecule has 0 bridgehead atoms. The van der Waals surface area contributed by atoms with Crippen molar-refractivity contribution in [3.63, 3.8) is 0 Å². The maximum Gasteiger partial charge on any atom is 0.328 e. The number of halogens is 1. The molecular weight excluding hydrogens is 496 g/mol. The number of allylic oxidation sites excluding steroid dienone is 1. The van der Waals surface area contributed by atoms with Gasteiger partial charge in [0.05, 0.1) is 16.7 Å². The highest BCUT2D eigenvalue weighted by molar-refractivity contribution is 6.33. The van der Waals surface area contributed by atoms with Crippen LogP contribution in [0, 0.1) is 0 Å². The van der Waals surface area contributed by atoms with Crippen molar-refractivity contribution in [1.82, 2.24) is 10.2 Å². The van der Waals surface area contributed by atoms with Gasteiger partial charge >= 0.3 is 5.97 Å². The van der Waals surface area contributed by atoms with E-state index in [0.717, 1.165) is 62.5 Å². The summed E-state index contributed by atoms with van der Waals surface area (Å²) >= 11 is 6.87. The van der Waals surface area contributed by atoms with Gasteiger partial charge in [-0.05, 0) is 82.3 Å². The van der Waals surface area contributed by atoms with Crippen LogP contribution in [0.5, 0.6) is 11.5 Å². The molecule has 1 aromatic heterocycles. The molecule has 188 valence electrons. The Bertz CT molecular complexity index is 1650. The minimum Gasteiger partial charge on any atom is -0.478 e. The highest BCUT2D eigenvalue weighted by atomic mass is 35.5. The molecule has 0 amide bonds. The van der Waals surface area contributed by atoms with E-state index in [4.69, 9.17) is 21.4 Å². The molecule has 6 heteroatoms. The number of hydrogen-bond donors (Lipinski definition) is 2. The van der Waals surface area contributed by atoms with E-state index in [2.05, 4.69) is 29.3 Å². The number of para-hydroxylation sites is 1. The maximum atomic E-state index is 10.9. The van der Waals surface area contributed by atoms with E-state index in [9.17, 15) is 4.79 Å². The number of carboxylic acids is 1. The van der Waals surface area contributed by atoms with Crippen LogP contribution in [0.2, 0.25) is 5.02 Å². The van der Waals surface area contributed by atoms with Crippen molar-refractivity contribution in [3.05, 3.63) is 131 Å². The van der Waals surface area contributed by atoms with Crippen LogP contribution in [0.15, 0.2) is 103 Å². The normalized spacial score (nSPS) is 12.1. The molecule has 5 rings (SSSR count). The first-order valence-electron chi connectivity index (χ1n) is 12.2. The Kier molecular flexibility index (Phi) is 7.38. The predicted octanol–water partition coefficient (Wildman–Crippen LogP) is 8.48. The van der Waals surface area contributed by atoms with E-state index in [1.165, 1.54) is 0 Å². The highest BCUT2D eigenvalue weighted by Gasteiger charge is 2.17. The zero-order valence-corrected chi connectivity index (χ0v) is 21.4. The lowest BCUT2D eigenvalue weighted by Crippen LogP contribution is -1.97. The minimum absolute atomic E-state index is 0.596. The molecule has 5 aromatic rings. The lowest BCUT2D eigenvalue weighted by molar-refractivity contribution is -0.131. The molecule has 38 heavy (non-hydrogen) atoms. The second-order valence-corrected chi connectivity index (χ2v) is 9.14. The third kappa shape index (κ3) is 5.53. The first-order chi connectivity index (χ1) is 18.5. The predicted molar refractivity (Wildman–Crippen MR) is 153 cm³/mol. The van der Waals surface area contributed by atoms with Gasteiger partial charge < -0.3 is 9.84 Å². The van der Waals surface area contributed by atoms with Crippen molar-refractivity contribution in [2.75, 3.05) is 0 Å². The van der Waals surface area contributed by atoms with Gasteiger partial charge in [-0.3, -0.25) is 5.10 Å². The van der Waals surface area contributed by atoms with E-state index in [0.29, 0.717) is 10.8 Å². The van der Waals surface area contributed by atoms with Gasteiger partial charge in [0.1, 0.15) is 11.5 Å². The fourth-order valence-corrected chi connectivity index (χ4v) is 4.76. The van der Waals surface area contributed by atoms with Crippen molar-refractivity contribution in [2.24, 2.45) is 0 Å². The molecule has 0 saturated carbocycles. The van der Waals surface area contributed by atoms with Crippen LogP contribution in [0.1, 0.15) is 35.6 Å². The smallest absolute Gasteiger partial charge is 0.328 e. The number of carboxylic acid groups (broad SMARTS) is 1. The highest BCUT2D eigenvalue weighted by Crippen LogP contribution is 2.39. The number of rotatable bonds is 8. The lowest BCUT2D eigenvalue weighted by Gasteiger charge is -2.18. The molecule has 0 unspecified atom stereocenters. The molecular formula is C32H25ClN2O3. The number of H-pyrrole nitrogens is 1. The average molecular weight is 521 g/mol. The third-order valence-electron chi connectivity index (χ3n) is 6.25. The summed E-state index contributed by atoms with van der Waals surface area (Å²) in [5.74, 6) is 0.427. The monoisotopic (exact) mass is 520 g/mol. The van der Waals surface area contributed by atoms with Gasteiger partial charge in [0.25, 0.3) is 0 Å². The molecule has 0 spiro atoms. The van der Waals surface area contributed by atoms with E-state index >= 15 is 0 Å². The number of benzene rings is 4. The van der Waals surface area contributed by atoms with Crippen molar-refractivity contribution in [3.8, 4) is 11.5 Å². The average Bonchev–Trinajstić information content (AvgIpc) is 3.40. The summed E-state index contributed by atoms with van der Waals surface area (Å²) in [7, 11) is 0. The molecule has 4 aromatic carbocycles. The number of hydrogen-bond acceptors (Lipinski definition) is 3. The standard InChI is InChI=1S/C32H25ClN2O3/c1-2-27(28-15-14-26(19-29(28)33)38-25-6-4-3-5-7-25)32(23-13-16-30-24(18-23)20-34-35-30)22-11-8-21(9-12-22)10-17-31(36)37/h3-20H,2H2,1H3,(H,34,35)(H,36,37). The van der Waals surface area contributed by atoms with Crippen LogP contribution in [-0.2, 0) is 4.79 Å². The zero-order valence-electron chi connectivity index (χ0n) is 20.7. The molecule has 2 N–H and O–H groups in total. The summed E-state index contributed by atoms with van der Waals surface area (Å²) in [4.78, 5) is 10.9. The summed E-state index contributed by atoms with van der Waals surface area (Å²) in [6.07, 6.45) is 5.26. The van der Waals surface area contributed by atoms with E-state index in [1.807, 2.05) is 85.1 Å². The summed E-state index contributed by atoms with van der Waals surface area (Å²) in [6, 6.07) is 29.4. The molecule has 0 saturated heterocycles. The number of aliphatic carboxylic acids is 1. The minimum atomic E-state index is -0.981. The number of ether oxygens (including phenoxy) is 1. The SMILES string of the molecule is CCC(=C(c1ccc(C=CC(=O)O)cc1)c1ccc2[nH]ncc2c1)c1ccc(Oc2ccccc2)cc1Cl. The first-order valence-corrected chi connectivity index (χ1v) is 12.6. The lowest BCUT2D eigenvalue weighted by atomic mass is 9.87. The van der Waals surface area contributed by atoms with Crippen molar-refractivity contribution < 1.29 is 14.6 Å². The molecule has 0 aliphatic heterocycles. The molecule has 0 atom stereocenters. The maximum absolute atomic E-state index is 10.9. The second kappa shape index (κ2) is 11.2. The van der Waals surface area contributed by atoms with Crippen molar-refractivity contribution in [2.45, 2.75) is 13.3 Å². The van der Waals surface area contributed by atoms with Crippen LogP contribution < -0.4 is 4.74 Å². The van der Waals surface area contributed by atoms with Crippen LogP contribution in [0.3, 0.4) is 0 Å². The summed E-state index contributed by atoms with van der Waals surface area (Å²) < 4.78 is 5.99. The number of aromatic nitrogens is 2. The Hall–Kier alpha value is -4.61. The van der Waals surface area contributed by atoms with E-state index in [-0.39, 0.29) is 0 Å². The van der Waals surface area contributed by atoms with Gasteiger partial charge in [0, 0.05) is 17.5 Å². The van der Waals surface area contributed by atoms with Crippen LogP contribution in [-0.4, -0.2) is 21.3 Å². The van der Waals surface area contributed by atoms with Gasteiger partial charge in [-0.2, -0.15) is 5.10 Å². The summed E-state index contributed by atoms with van der Waals surface area (Å²) in [6.45, 7) is 2.11. The largest absolute Gasteiger partial charge is 0.478 e. The van der Waals surface area contributed by atoms with Gasteiger partial charge in [-0.1, -0.05) is 67.1 Å². The fourth-order valence-electron chi connectivity index (χ4n) is 4.47. The fraction of sp³-hybridized carbons (Fsp3) is 0.0625. The van der Waals surface area contributed by atoms with E-state index in [1.54, 1.807) is 6.08 Å². The van der Waals surface area contributed by atoms with Gasteiger partial charge in [-0.25, -0.2) is 4.79 Å². The molecule has 0 aliphatic rings. The van der Waals surface area contributed by atoms with Gasteiger partial charge in [0.15, 0.2) is 0 Å². The molecule has 1 heterocycles. The third-order valence-corrected chi connectivity index (χ3v) is 6.56. The second-order valence-electron chi connectivity index (χ2n) is 8.73. The Labute approximate surface area is 225 Å². The Balaban J connectivity index is 1.62. The molecule has 0 fully saturated rings. The molecule has 0 aliphatic carbocycles. The summed E-state index contributed by atoms with van der Waals surface area (Å²) in [5.41, 5.74) is 6.84. The van der Waals surface area contributed by atoms with E-state index < -0.39 is 5.97 Å². The van der Waals surface area contributed by atoms with Gasteiger partial charge in [-0.15, -0.1) is 0 Å². The zero-order chi connectivity index (χ0) is 26.5. The Morgan fingerprint density at radius 1 is 0.947 bits per heavy atom. The van der Waals surface area contributed by atoms with Crippen LogP contribution >= 0.6 is 11.6 Å². The number of nitrogens with zero attached hydrogens (tertiary/aromatic N) is 1. The van der Waals surface area contributed by atoms with Crippen molar-refractivity contribution in [1.29, 1.82) is 0 Å². The van der Waals surface area contributed by atoms with Crippen LogP contribution in [0.4, 0.5) is 0 Å². The number of aromatic amines is 1.